The summed E-state index contributed by atoms with van der Waals surface area (Å²) in [6.45, 7) is 1.32. The van der Waals surface area contributed by atoms with Gasteiger partial charge in [-0.05, 0) is 37.8 Å². The third-order valence-electron chi connectivity index (χ3n) is 4.94. The fourth-order valence-corrected chi connectivity index (χ4v) is 3.49. The van der Waals surface area contributed by atoms with Gasteiger partial charge in [0.1, 0.15) is 0 Å². The molecular weight excluding hydrogens is 402 g/mol. The van der Waals surface area contributed by atoms with Crippen molar-refractivity contribution in [1.29, 1.82) is 0 Å². The van der Waals surface area contributed by atoms with E-state index in [1.165, 1.54) is 0 Å². The van der Waals surface area contributed by atoms with Crippen molar-refractivity contribution in [2.24, 2.45) is 11.8 Å². The normalized spacial score (nSPS) is 19.7. The summed E-state index contributed by atoms with van der Waals surface area (Å²) < 4.78 is 78.9. The van der Waals surface area contributed by atoms with Crippen LogP contribution in [0, 0.1) is 29.3 Å². The van der Waals surface area contributed by atoms with Gasteiger partial charge in [-0.15, -0.1) is 0 Å². The van der Waals surface area contributed by atoms with Gasteiger partial charge in [0.2, 0.25) is 11.8 Å². The molecule has 1 aromatic carbocycles. The summed E-state index contributed by atoms with van der Waals surface area (Å²) in [5.74, 6) is -8.58. The molecular formula is C19H22F6N2O2. The zero-order valence-electron chi connectivity index (χ0n) is 15.8. The van der Waals surface area contributed by atoms with Gasteiger partial charge in [0.05, 0.1) is 18.2 Å². The number of anilines is 1. The van der Waals surface area contributed by atoms with Crippen molar-refractivity contribution in [3.05, 3.63) is 29.6 Å². The van der Waals surface area contributed by atoms with Gasteiger partial charge in [0.15, 0.2) is 17.5 Å². The Balaban J connectivity index is 2.06. The zero-order chi connectivity index (χ0) is 21.8. The summed E-state index contributed by atoms with van der Waals surface area (Å²) in [6, 6.07) is 1.48. The SMILES string of the molecule is CCCN(CC(=O)Nc1ccc(F)c(F)c1F)C(=O)[C@@H]1CCC[C@H](C(F)(F)F)C1. The molecule has 0 spiro atoms. The van der Waals surface area contributed by atoms with Gasteiger partial charge in [-0.1, -0.05) is 13.3 Å². The zero-order valence-corrected chi connectivity index (χ0v) is 15.8. The Morgan fingerprint density at radius 1 is 1.14 bits per heavy atom. The van der Waals surface area contributed by atoms with Crippen LogP contribution in [0.1, 0.15) is 39.0 Å². The van der Waals surface area contributed by atoms with E-state index in [1.54, 1.807) is 6.92 Å². The lowest BCUT2D eigenvalue weighted by molar-refractivity contribution is -0.187. The van der Waals surface area contributed by atoms with Crippen LogP contribution in [-0.4, -0.2) is 36.0 Å². The lowest BCUT2D eigenvalue weighted by atomic mass is 9.80. The van der Waals surface area contributed by atoms with Crippen molar-refractivity contribution in [2.75, 3.05) is 18.4 Å². The first-order valence-corrected chi connectivity index (χ1v) is 9.33. The van der Waals surface area contributed by atoms with Crippen molar-refractivity contribution >= 4 is 17.5 Å². The number of halogens is 6. The minimum Gasteiger partial charge on any atom is -0.333 e. The summed E-state index contributed by atoms with van der Waals surface area (Å²) >= 11 is 0. The topological polar surface area (TPSA) is 49.4 Å². The van der Waals surface area contributed by atoms with E-state index in [9.17, 15) is 35.9 Å². The van der Waals surface area contributed by atoms with Crippen LogP contribution in [0.3, 0.4) is 0 Å². The number of hydrogen-bond acceptors (Lipinski definition) is 2. The summed E-state index contributed by atoms with van der Waals surface area (Å²) in [5, 5.41) is 2.06. The molecule has 1 aliphatic rings. The average Bonchev–Trinajstić information content (AvgIpc) is 2.67. The highest BCUT2D eigenvalue weighted by Gasteiger charge is 2.44. The second-order valence-electron chi connectivity index (χ2n) is 7.13. The number of carbonyl (C=O) groups is 2. The first-order valence-electron chi connectivity index (χ1n) is 9.33. The number of carbonyl (C=O) groups excluding carboxylic acids is 2. The molecule has 0 heterocycles. The molecule has 2 atom stereocenters. The van der Waals surface area contributed by atoms with Gasteiger partial charge in [-0.3, -0.25) is 9.59 Å². The number of amides is 2. The maximum Gasteiger partial charge on any atom is 0.391 e. The Hall–Kier alpha value is -2.26. The standard InChI is InChI=1S/C19H22F6N2O2/c1-2-8-27(18(29)11-4-3-5-12(9-11)19(23,24)25)10-15(28)26-14-7-6-13(20)16(21)17(14)22/h6-7,11-12H,2-5,8-10H2,1H3,(H,26,28)/t11-,12+/m1/s1. The van der Waals surface area contributed by atoms with Gasteiger partial charge in [0.25, 0.3) is 0 Å². The molecule has 10 heteroatoms. The van der Waals surface area contributed by atoms with E-state index >= 15 is 0 Å². The minimum atomic E-state index is -4.38. The van der Waals surface area contributed by atoms with Gasteiger partial charge < -0.3 is 10.2 Å². The molecule has 0 radical (unpaired) electrons. The van der Waals surface area contributed by atoms with Crippen LogP contribution < -0.4 is 5.32 Å². The van der Waals surface area contributed by atoms with E-state index in [1.807, 2.05) is 0 Å². The molecule has 0 saturated heterocycles. The van der Waals surface area contributed by atoms with E-state index in [0.29, 0.717) is 18.9 Å². The van der Waals surface area contributed by atoms with Crippen molar-refractivity contribution in [3.8, 4) is 0 Å². The fourth-order valence-electron chi connectivity index (χ4n) is 3.49. The smallest absolute Gasteiger partial charge is 0.333 e. The van der Waals surface area contributed by atoms with Crippen molar-refractivity contribution in [2.45, 2.75) is 45.2 Å². The van der Waals surface area contributed by atoms with Crippen LogP contribution in [0.2, 0.25) is 0 Å². The lowest BCUT2D eigenvalue weighted by Crippen LogP contribution is -2.44. The van der Waals surface area contributed by atoms with Crippen molar-refractivity contribution < 1.29 is 35.9 Å². The van der Waals surface area contributed by atoms with Crippen LogP contribution >= 0.6 is 0 Å². The highest BCUT2D eigenvalue weighted by Crippen LogP contribution is 2.40. The molecule has 0 aromatic heterocycles. The monoisotopic (exact) mass is 424 g/mol. The molecule has 2 amide bonds. The second kappa shape index (κ2) is 9.49. The highest BCUT2D eigenvalue weighted by atomic mass is 19.4. The number of hydrogen-bond donors (Lipinski definition) is 1. The maximum absolute atomic E-state index is 13.7. The first-order chi connectivity index (χ1) is 13.5. The molecule has 0 aliphatic heterocycles. The predicted molar refractivity (Wildman–Crippen MR) is 93.3 cm³/mol. The van der Waals surface area contributed by atoms with E-state index in [-0.39, 0.29) is 25.8 Å². The Kier molecular flexibility index (Phi) is 7.54. The van der Waals surface area contributed by atoms with Gasteiger partial charge in [-0.2, -0.15) is 13.2 Å². The van der Waals surface area contributed by atoms with E-state index in [2.05, 4.69) is 5.32 Å². The van der Waals surface area contributed by atoms with Crippen LogP contribution in [0.25, 0.3) is 0 Å². The van der Waals surface area contributed by atoms with Crippen LogP contribution in [-0.2, 0) is 9.59 Å². The summed E-state index contributed by atoms with van der Waals surface area (Å²) in [7, 11) is 0. The van der Waals surface area contributed by atoms with E-state index < -0.39 is 59.5 Å². The summed E-state index contributed by atoms with van der Waals surface area (Å²) in [6.07, 6.45) is -3.74. The molecule has 162 valence electrons. The predicted octanol–water partition coefficient (Wildman–Crippen LogP) is 4.65. The van der Waals surface area contributed by atoms with Crippen LogP contribution in [0.4, 0.5) is 32.0 Å². The van der Waals surface area contributed by atoms with E-state index in [0.717, 1.165) is 11.0 Å². The van der Waals surface area contributed by atoms with Crippen molar-refractivity contribution in [3.63, 3.8) is 0 Å². The quantitative estimate of drug-likeness (QED) is 0.534. The third-order valence-corrected chi connectivity index (χ3v) is 4.94. The van der Waals surface area contributed by atoms with Gasteiger partial charge >= 0.3 is 6.18 Å². The van der Waals surface area contributed by atoms with Gasteiger partial charge in [0, 0.05) is 12.5 Å². The molecule has 1 aliphatic carbocycles. The molecule has 0 bridgehead atoms. The minimum absolute atomic E-state index is 0.0308. The Morgan fingerprint density at radius 3 is 2.45 bits per heavy atom. The molecule has 1 fully saturated rings. The molecule has 1 aromatic rings. The molecule has 1 N–H and O–H groups in total. The molecule has 2 rings (SSSR count). The second-order valence-corrected chi connectivity index (χ2v) is 7.13. The number of alkyl halides is 3. The lowest BCUT2D eigenvalue weighted by Gasteiger charge is -2.33. The summed E-state index contributed by atoms with van der Waals surface area (Å²) in [4.78, 5) is 26.0. The van der Waals surface area contributed by atoms with Gasteiger partial charge in [-0.25, -0.2) is 13.2 Å². The highest BCUT2D eigenvalue weighted by molar-refractivity contribution is 5.95. The average molecular weight is 424 g/mol. The largest absolute Gasteiger partial charge is 0.391 e. The molecule has 29 heavy (non-hydrogen) atoms. The van der Waals surface area contributed by atoms with Crippen LogP contribution in [0.15, 0.2) is 12.1 Å². The molecule has 0 unspecified atom stereocenters. The van der Waals surface area contributed by atoms with E-state index in [4.69, 9.17) is 0 Å². The number of nitrogens with zero attached hydrogens (tertiary/aromatic N) is 1. The Morgan fingerprint density at radius 2 is 1.83 bits per heavy atom. The first kappa shape index (κ1) is 23.0. The number of rotatable bonds is 6. The Labute approximate surface area is 164 Å². The Bertz CT molecular complexity index is 753. The fraction of sp³-hybridized carbons (Fsp3) is 0.579. The number of benzene rings is 1. The molecule has 4 nitrogen and oxygen atoms in total. The third kappa shape index (κ3) is 5.86. The maximum atomic E-state index is 13.7. The van der Waals surface area contributed by atoms with Crippen molar-refractivity contribution in [1.82, 2.24) is 4.90 Å². The van der Waals surface area contributed by atoms with Crippen LogP contribution in [0.5, 0.6) is 0 Å². The number of nitrogens with one attached hydrogen (secondary N) is 1. The summed E-state index contributed by atoms with van der Waals surface area (Å²) in [5.41, 5.74) is -0.590. The molecule has 1 saturated carbocycles.